The summed E-state index contributed by atoms with van der Waals surface area (Å²) in [6.07, 6.45) is 9.45. The van der Waals surface area contributed by atoms with E-state index in [1.165, 1.54) is 5.39 Å². The Balaban J connectivity index is 1.53. The molecule has 3 aromatic heterocycles. The lowest BCUT2D eigenvalue weighted by molar-refractivity contribution is 0.273. The van der Waals surface area contributed by atoms with Gasteiger partial charge in [0.15, 0.2) is 5.82 Å². The summed E-state index contributed by atoms with van der Waals surface area (Å²) in [4.78, 5) is 12.0. The maximum absolute atomic E-state index is 9.77. The summed E-state index contributed by atoms with van der Waals surface area (Å²) < 4.78 is 1.64. The molecule has 0 unspecified atom stereocenters. The number of aliphatic hydroxyl groups is 1. The molecule has 4 rings (SSSR count). The van der Waals surface area contributed by atoms with E-state index in [9.17, 15) is 5.11 Å². The molecule has 0 fully saturated rings. The third kappa shape index (κ3) is 3.22. The number of rotatable bonds is 6. The minimum Gasteiger partial charge on any atom is -0.394 e. The summed E-state index contributed by atoms with van der Waals surface area (Å²) in [7, 11) is 0. The number of hydrogen-bond acceptors (Lipinski definition) is 5. The molecule has 25 heavy (non-hydrogen) atoms. The van der Waals surface area contributed by atoms with Crippen LogP contribution in [0, 0.1) is 0 Å². The number of fused-ring (bicyclic) bond motifs is 1. The van der Waals surface area contributed by atoms with Gasteiger partial charge >= 0.3 is 0 Å². The Morgan fingerprint density at radius 3 is 2.96 bits per heavy atom. The smallest absolute Gasteiger partial charge is 0.173 e. The van der Waals surface area contributed by atoms with E-state index in [1.807, 2.05) is 36.7 Å². The van der Waals surface area contributed by atoms with Crippen LogP contribution in [-0.2, 0) is 6.42 Å². The molecular formula is C18H18N6O. The van der Waals surface area contributed by atoms with Crippen LogP contribution in [0.5, 0.6) is 0 Å². The van der Waals surface area contributed by atoms with Crippen molar-refractivity contribution in [1.29, 1.82) is 0 Å². The van der Waals surface area contributed by atoms with Gasteiger partial charge in [-0.1, -0.05) is 18.2 Å². The predicted molar refractivity (Wildman–Crippen MR) is 95.7 cm³/mol. The molecule has 7 heteroatoms. The zero-order valence-corrected chi connectivity index (χ0v) is 13.5. The topological polar surface area (TPSA) is 91.7 Å². The van der Waals surface area contributed by atoms with E-state index in [-0.39, 0.29) is 12.6 Å². The Morgan fingerprint density at radius 2 is 2.12 bits per heavy atom. The first-order valence-corrected chi connectivity index (χ1v) is 8.08. The van der Waals surface area contributed by atoms with Gasteiger partial charge in [0.05, 0.1) is 25.0 Å². The highest BCUT2D eigenvalue weighted by Gasteiger charge is 2.13. The van der Waals surface area contributed by atoms with Crippen molar-refractivity contribution in [2.24, 2.45) is 0 Å². The molecule has 0 bridgehead atoms. The van der Waals surface area contributed by atoms with Crippen LogP contribution in [0.3, 0.4) is 0 Å². The third-order valence-corrected chi connectivity index (χ3v) is 4.07. The van der Waals surface area contributed by atoms with E-state index < -0.39 is 0 Å². The van der Waals surface area contributed by atoms with Crippen molar-refractivity contribution in [2.75, 3.05) is 11.9 Å². The van der Waals surface area contributed by atoms with Gasteiger partial charge in [0.25, 0.3) is 0 Å². The summed E-state index contributed by atoms with van der Waals surface area (Å²) in [5.41, 5.74) is 2.24. The van der Waals surface area contributed by atoms with Gasteiger partial charge in [0, 0.05) is 29.5 Å². The first kappa shape index (κ1) is 15.3. The van der Waals surface area contributed by atoms with Crippen LogP contribution in [0.4, 0.5) is 5.82 Å². The summed E-state index contributed by atoms with van der Waals surface area (Å²) >= 11 is 0. The fourth-order valence-corrected chi connectivity index (χ4v) is 2.88. The molecule has 3 heterocycles. The third-order valence-electron chi connectivity index (χ3n) is 4.07. The van der Waals surface area contributed by atoms with Crippen LogP contribution in [0.25, 0.3) is 16.7 Å². The minimum absolute atomic E-state index is 0.00676. The molecule has 0 radical (unpaired) electrons. The molecule has 0 aliphatic heterocycles. The molecule has 1 aromatic carbocycles. The van der Waals surface area contributed by atoms with Gasteiger partial charge in [-0.3, -0.25) is 4.98 Å². The molecular weight excluding hydrogens is 316 g/mol. The average molecular weight is 334 g/mol. The van der Waals surface area contributed by atoms with Gasteiger partial charge in [-0.25, -0.2) is 9.67 Å². The number of H-pyrrole nitrogens is 1. The van der Waals surface area contributed by atoms with E-state index in [4.69, 9.17) is 0 Å². The van der Waals surface area contributed by atoms with Crippen LogP contribution in [0.1, 0.15) is 5.56 Å². The summed E-state index contributed by atoms with van der Waals surface area (Å²) in [6, 6.07) is 9.80. The summed E-state index contributed by atoms with van der Waals surface area (Å²) in [5, 5.41) is 18.3. The van der Waals surface area contributed by atoms with Crippen LogP contribution in [0.15, 0.2) is 61.3 Å². The van der Waals surface area contributed by atoms with Gasteiger partial charge in [-0.2, -0.15) is 5.10 Å². The van der Waals surface area contributed by atoms with Crippen molar-refractivity contribution in [1.82, 2.24) is 24.7 Å². The van der Waals surface area contributed by atoms with Gasteiger partial charge in [0.1, 0.15) is 5.82 Å². The van der Waals surface area contributed by atoms with E-state index in [0.29, 0.717) is 18.1 Å². The van der Waals surface area contributed by atoms with Crippen molar-refractivity contribution in [3.63, 3.8) is 0 Å². The Morgan fingerprint density at radius 1 is 1.20 bits per heavy atom. The molecule has 0 spiro atoms. The van der Waals surface area contributed by atoms with Gasteiger partial charge in [-0.05, 0) is 24.1 Å². The largest absolute Gasteiger partial charge is 0.394 e. The maximum atomic E-state index is 9.77. The molecule has 126 valence electrons. The number of nitrogens with zero attached hydrogens (tertiary/aromatic N) is 4. The Labute approximate surface area is 144 Å². The lowest BCUT2D eigenvalue weighted by Gasteiger charge is -2.16. The molecule has 1 atom stereocenters. The van der Waals surface area contributed by atoms with Crippen molar-refractivity contribution < 1.29 is 5.11 Å². The van der Waals surface area contributed by atoms with Crippen LogP contribution >= 0.6 is 0 Å². The number of hydrogen-bond donors (Lipinski definition) is 3. The molecule has 4 aromatic rings. The van der Waals surface area contributed by atoms with Gasteiger partial charge < -0.3 is 15.4 Å². The first-order chi connectivity index (χ1) is 12.3. The number of aromatic nitrogens is 5. The molecule has 0 aliphatic rings. The van der Waals surface area contributed by atoms with Crippen LogP contribution < -0.4 is 5.32 Å². The monoisotopic (exact) mass is 334 g/mol. The van der Waals surface area contributed by atoms with E-state index >= 15 is 0 Å². The van der Waals surface area contributed by atoms with Gasteiger partial charge in [-0.15, -0.1) is 0 Å². The van der Waals surface area contributed by atoms with Crippen LogP contribution in [0.2, 0.25) is 0 Å². The molecule has 0 saturated carbocycles. The first-order valence-electron chi connectivity index (χ1n) is 8.08. The van der Waals surface area contributed by atoms with Crippen LogP contribution in [-0.4, -0.2) is 42.5 Å². The Hall–Kier alpha value is -3.19. The molecule has 3 N–H and O–H groups in total. The molecule has 0 amide bonds. The average Bonchev–Trinajstić information content (AvgIpc) is 3.32. The molecule has 0 saturated heterocycles. The lowest BCUT2D eigenvalue weighted by atomic mass is 10.1. The predicted octanol–water partition coefficient (Wildman–Crippen LogP) is 2.16. The second kappa shape index (κ2) is 6.74. The fraction of sp³-hybridized carbons (Fsp3) is 0.167. The number of nitrogens with one attached hydrogen (secondary N) is 2. The fourth-order valence-electron chi connectivity index (χ4n) is 2.88. The zero-order valence-electron chi connectivity index (χ0n) is 13.5. The highest BCUT2D eigenvalue weighted by molar-refractivity contribution is 5.83. The number of para-hydroxylation sites is 1. The number of aliphatic hydroxyl groups excluding tert-OH is 1. The number of anilines is 1. The highest BCUT2D eigenvalue weighted by Crippen LogP contribution is 2.20. The van der Waals surface area contributed by atoms with Gasteiger partial charge in [0.2, 0.25) is 0 Å². The number of aromatic amines is 1. The highest BCUT2D eigenvalue weighted by atomic mass is 16.3. The molecule has 0 aliphatic carbocycles. The minimum atomic E-state index is -0.165. The zero-order chi connectivity index (χ0) is 17.1. The summed E-state index contributed by atoms with van der Waals surface area (Å²) in [6.45, 7) is -0.00676. The second-order valence-electron chi connectivity index (χ2n) is 5.80. The normalized spacial score (nSPS) is 12.4. The van der Waals surface area contributed by atoms with E-state index in [2.05, 4.69) is 31.4 Å². The van der Waals surface area contributed by atoms with Crippen molar-refractivity contribution in [3.05, 3.63) is 66.9 Å². The lowest BCUT2D eigenvalue weighted by Crippen LogP contribution is -2.27. The standard InChI is InChI=1S/C18H18N6O/c25-12-14(8-13-9-20-16-5-2-1-4-15(13)16)22-17-10-19-11-18(23-17)24-7-3-6-21-24/h1-7,9-11,14,20,25H,8,12H2,(H,22,23)/t14-/m1/s1. The Kier molecular flexibility index (Phi) is 4.14. The van der Waals surface area contributed by atoms with Crippen molar-refractivity contribution in [3.8, 4) is 5.82 Å². The van der Waals surface area contributed by atoms with Crippen molar-refractivity contribution in [2.45, 2.75) is 12.5 Å². The number of benzene rings is 1. The molecule has 7 nitrogen and oxygen atoms in total. The Bertz CT molecular complexity index is 963. The van der Waals surface area contributed by atoms with E-state index in [1.54, 1.807) is 23.3 Å². The van der Waals surface area contributed by atoms with Crippen molar-refractivity contribution >= 4 is 16.7 Å². The SMILES string of the molecule is OC[C@@H](Cc1c[nH]c2ccccc12)Nc1cncc(-n2cccn2)n1. The van der Waals surface area contributed by atoms with E-state index in [0.717, 1.165) is 11.1 Å². The quantitative estimate of drug-likeness (QED) is 0.502. The maximum Gasteiger partial charge on any atom is 0.173 e. The second-order valence-corrected chi connectivity index (χ2v) is 5.80. The summed E-state index contributed by atoms with van der Waals surface area (Å²) in [5.74, 6) is 1.23.